The van der Waals surface area contributed by atoms with E-state index in [4.69, 9.17) is 0 Å². The van der Waals surface area contributed by atoms with Gasteiger partial charge in [-0.05, 0) is 55.7 Å². The number of aromatic nitrogens is 2. The SMILES string of the molecule is CCCc1cc(C(=O)N2CCC3(CC2)C[C@H](c2ccccc2)CN(C)C3)n(C)n1. The Kier molecular flexibility index (Phi) is 5.77. The van der Waals surface area contributed by atoms with Crippen molar-refractivity contribution in [3.8, 4) is 0 Å². The summed E-state index contributed by atoms with van der Waals surface area (Å²) < 4.78 is 1.76. The molecule has 1 amide bonds. The zero-order chi connectivity index (χ0) is 20.4. The molecule has 0 N–H and O–H groups in total. The molecule has 0 radical (unpaired) electrons. The maximum atomic E-state index is 13.1. The highest BCUT2D eigenvalue weighted by Gasteiger charge is 2.42. The summed E-state index contributed by atoms with van der Waals surface area (Å²) in [6.45, 7) is 6.11. The molecule has 2 saturated heterocycles. The van der Waals surface area contributed by atoms with Crippen LogP contribution in [0.3, 0.4) is 0 Å². The number of likely N-dealkylation sites (N-methyl/N-ethyl adjacent to an activating group) is 1. The predicted molar refractivity (Wildman–Crippen MR) is 116 cm³/mol. The molecule has 5 heteroatoms. The molecule has 2 aliphatic rings. The monoisotopic (exact) mass is 394 g/mol. The number of nitrogens with zero attached hydrogens (tertiary/aromatic N) is 4. The molecule has 1 atom stereocenters. The second-order valence-electron chi connectivity index (χ2n) is 9.20. The average molecular weight is 395 g/mol. The van der Waals surface area contributed by atoms with Gasteiger partial charge in [0.2, 0.25) is 0 Å². The molecule has 0 bridgehead atoms. The van der Waals surface area contributed by atoms with Gasteiger partial charge in [-0.25, -0.2) is 0 Å². The molecule has 29 heavy (non-hydrogen) atoms. The summed E-state index contributed by atoms with van der Waals surface area (Å²) in [5.41, 5.74) is 3.53. The van der Waals surface area contributed by atoms with E-state index in [2.05, 4.69) is 54.3 Å². The quantitative estimate of drug-likeness (QED) is 0.794. The number of hydrogen-bond donors (Lipinski definition) is 0. The van der Waals surface area contributed by atoms with E-state index < -0.39 is 0 Å². The van der Waals surface area contributed by atoms with Crippen LogP contribution in [0.25, 0.3) is 0 Å². The topological polar surface area (TPSA) is 41.4 Å². The van der Waals surface area contributed by atoms with Crippen molar-refractivity contribution in [1.29, 1.82) is 0 Å². The number of amides is 1. The molecule has 2 aromatic rings. The zero-order valence-corrected chi connectivity index (χ0v) is 18.1. The van der Waals surface area contributed by atoms with Crippen LogP contribution < -0.4 is 0 Å². The Morgan fingerprint density at radius 1 is 1.17 bits per heavy atom. The van der Waals surface area contributed by atoms with E-state index in [0.29, 0.717) is 11.3 Å². The molecule has 0 aliphatic carbocycles. The second kappa shape index (κ2) is 8.31. The molecule has 1 spiro atoms. The molecule has 1 aromatic carbocycles. The van der Waals surface area contributed by atoms with Crippen molar-refractivity contribution in [1.82, 2.24) is 19.6 Å². The average Bonchev–Trinajstić information content (AvgIpc) is 3.08. The molecule has 3 heterocycles. The number of piperidine rings is 2. The minimum absolute atomic E-state index is 0.140. The van der Waals surface area contributed by atoms with Gasteiger partial charge < -0.3 is 9.80 Å². The summed E-state index contributed by atoms with van der Waals surface area (Å²) in [4.78, 5) is 17.7. The summed E-state index contributed by atoms with van der Waals surface area (Å²) in [6.07, 6.45) is 5.39. The van der Waals surface area contributed by atoms with Gasteiger partial charge >= 0.3 is 0 Å². The molecule has 5 nitrogen and oxygen atoms in total. The summed E-state index contributed by atoms with van der Waals surface area (Å²) >= 11 is 0. The van der Waals surface area contributed by atoms with Crippen LogP contribution in [-0.4, -0.2) is 58.7 Å². The normalized spacial score (nSPS) is 22.2. The fourth-order valence-electron chi connectivity index (χ4n) is 5.43. The molecular formula is C24H34N4O. The first kappa shape index (κ1) is 20.1. The van der Waals surface area contributed by atoms with Crippen molar-refractivity contribution in [3.63, 3.8) is 0 Å². The number of hydrogen-bond acceptors (Lipinski definition) is 3. The molecule has 2 aliphatic heterocycles. The van der Waals surface area contributed by atoms with Gasteiger partial charge in [-0.15, -0.1) is 0 Å². The van der Waals surface area contributed by atoms with Crippen molar-refractivity contribution >= 4 is 5.91 Å². The van der Waals surface area contributed by atoms with Crippen molar-refractivity contribution < 1.29 is 4.79 Å². The van der Waals surface area contributed by atoms with E-state index in [9.17, 15) is 4.79 Å². The molecule has 0 saturated carbocycles. The van der Waals surface area contributed by atoms with Crippen LogP contribution in [0.1, 0.15) is 60.3 Å². The van der Waals surface area contributed by atoms with Crippen LogP contribution in [0.4, 0.5) is 0 Å². The molecule has 2 fully saturated rings. The Hall–Kier alpha value is -2.14. The Labute approximate surface area is 174 Å². The van der Waals surface area contributed by atoms with Gasteiger partial charge in [0.05, 0.1) is 5.69 Å². The Morgan fingerprint density at radius 3 is 2.59 bits per heavy atom. The lowest BCUT2D eigenvalue weighted by molar-refractivity contribution is 0.0220. The van der Waals surface area contributed by atoms with Crippen LogP contribution in [0.15, 0.2) is 36.4 Å². The van der Waals surface area contributed by atoms with Gasteiger partial charge in [0.25, 0.3) is 5.91 Å². The lowest BCUT2D eigenvalue weighted by Crippen LogP contribution is -2.51. The van der Waals surface area contributed by atoms with Crippen molar-refractivity contribution in [2.45, 2.75) is 44.9 Å². The first-order valence-corrected chi connectivity index (χ1v) is 11.1. The van der Waals surface area contributed by atoms with Gasteiger partial charge in [-0.3, -0.25) is 9.48 Å². The summed E-state index contributed by atoms with van der Waals surface area (Å²) in [6, 6.07) is 12.9. The number of benzene rings is 1. The molecular weight excluding hydrogens is 360 g/mol. The third-order valence-electron chi connectivity index (χ3n) is 6.85. The standard InChI is InChI=1S/C24H34N4O/c1-4-8-21-15-22(27(3)25-21)23(29)28-13-11-24(12-14-28)16-20(17-26(2)18-24)19-9-6-5-7-10-19/h5-7,9-10,15,20H,4,8,11-14,16-18H2,1-3H3/t20-/m0/s1. The first-order chi connectivity index (χ1) is 14.0. The Morgan fingerprint density at radius 2 is 1.90 bits per heavy atom. The van der Waals surface area contributed by atoms with Gasteiger partial charge in [0, 0.05) is 33.2 Å². The minimum Gasteiger partial charge on any atom is -0.337 e. The molecule has 1 aromatic heterocycles. The largest absolute Gasteiger partial charge is 0.337 e. The van der Waals surface area contributed by atoms with Crippen molar-refractivity contribution in [2.24, 2.45) is 12.5 Å². The lowest BCUT2D eigenvalue weighted by atomic mass is 9.68. The Balaban J connectivity index is 1.43. The smallest absolute Gasteiger partial charge is 0.272 e. The number of carbonyl (C=O) groups excluding carboxylic acids is 1. The van der Waals surface area contributed by atoms with E-state index in [-0.39, 0.29) is 5.91 Å². The summed E-state index contributed by atoms with van der Waals surface area (Å²) in [7, 11) is 4.14. The fourth-order valence-corrected chi connectivity index (χ4v) is 5.43. The maximum Gasteiger partial charge on any atom is 0.272 e. The number of carbonyl (C=O) groups is 1. The van der Waals surface area contributed by atoms with Crippen LogP contribution in [0.5, 0.6) is 0 Å². The number of likely N-dealkylation sites (tertiary alicyclic amines) is 2. The van der Waals surface area contributed by atoms with E-state index in [1.807, 2.05) is 18.0 Å². The maximum absolute atomic E-state index is 13.1. The van der Waals surface area contributed by atoms with Gasteiger partial charge in [-0.2, -0.15) is 5.10 Å². The minimum atomic E-state index is 0.140. The van der Waals surface area contributed by atoms with Crippen LogP contribution in [-0.2, 0) is 13.5 Å². The van der Waals surface area contributed by atoms with Crippen LogP contribution >= 0.6 is 0 Å². The fraction of sp³-hybridized carbons (Fsp3) is 0.583. The predicted octanol–water partition coefficient (Wildman–Crippen LogP) is 3.71. The first-order valence-electron chi connectivity index (χ1n) is 11.1. The van der Waals surface area contributed by atoms with Crippen molar-refractivity contribution in [3.05, 3.63) is 53.3 Å². The Bertz CT molecular complexity index is 836. The van der Waals surface area contributed by atoms with E-state index in [1.54, 1.807) is 4.68 Å². The summed E-state index contributed by atoms with van der Waals surface area (Å²) in [5, 5.41) is 4.52. The summed E-state index contributed by atoms with van der Waals surface area (Å²) in [5.74, 6) is 0.729. The third-order valence-corrected chi connectivity index (χ3v) is 6.85. The molecule has 156 valence electrons. The van der Waals surface area contributed by atoms with Crippen molar-refractivity contribution in [2.75, 3.05) is 33.2 Å². The van der Waals surface area contributed by atoms with E-state index >= 15 is 0 Å². The van der Waals surface area contributed by atoms with E-state index in [0.717, 1.165) is 63.3 Å². The van der Waals surface area contributed by atoms with E-state index in [1.165, 1.54) is 12.0 Å². The molecule has 4 rings (SSSR count). The van der Waals surface area contributed by atoms with Gasteiger partial charge in [-0.1, -0.05) is 43.7 Å². The highest BCUT2D eigenvalue weighted by atomic mass is 16.2. The highest BCUT2D eigenvalue weighted by Crippen LogP contribution is 2.44. The van der Waals surface area contributed by atoms with Gasteiger partial charge in [0.15, 0.2) is 0 Å². The molecule has 0 unspecified atom stereocenters. The van der Waals surface area contributed by atoms with Crippen LogP contribution in [0.2, 0.25) is 0 Å². The third kappa shape index (κ3) is 4.25. The lowest BCUT2D eigenvalue weighted by Gasteiger charge is -2.49. The van der Waals surface area contributed by atoms with Crippen LogP contribution in [0, 0.1) is 5.41 Å². The second-order valence-corrected chi connectivity index (χ2v) is 9.20. The van der Waals surface area contributed by atoms with Gasteiger partial charge in [0.1, 0.15) is 5.69 Å². The highest BCUT2D eigenvalue weighted by molar-refractivity contribution is 5.92. The number of aryl methyl sites for hydroxylation is 2. The number of rotatable bonds is 4. The zero-order valence-electron chi connectivity index (χ0n) is 18.1.